The molecule has 2 aromatic heterocycles. The van der Waals surface area contributed by atoms with Crippen LogP contribution in [-0.2, 0) is 4.74 Å². The highest BCUT2D eigenvalue weighted by atomic mass is 35.5. The lowest BCUT2D eigenvalue weighted by atomic mass is 10.3. The van der Waals surface area contributed by atoms with Crippen LogP contribution >= 0.6 is 22.9 Å². The van der Waals surface area contributed by atoms with Crippen LogP contribution in [0.3, 0.4) is 0 Å². The Labute approximate surface area is 164 Å². The smallest absolute Gasteiger partial charge is 0.264 e. The molecule has 1 amide bonds. The molecule has 9 heteroatoms. The van der Waals surface area contributed by atoms with Crippen LogP contribution in [0.2, 0.25) is 5.02 Å². The second kappa shape index (κ2) is 8.33. The summed E-state index contributed by atoms with van der Waals surface area (Å²) in [4.78, 5) is 15.0. The van der Waals surface area contributed by atoms with Gasteiger partial charge in [0.1, 0.15) is 4.83 Å². The van der Waals surface area contributed by atoms with Crippen LogP contribution in [0.25, 0.3) is 15.9 Å². The third-order valence-corrected chi connectivity index (χ3v) is 5.47. The number of rotatable bonds is 7. The van der Waals surface area contributed by atoms with Gasteiger partial charge in [-0.3, -0.25) is 4.79 Å². The molecule has 5 nitrogen and oxygen atoms in total. The van der Waals surface area contributed by atoms with Crippen molar-refractivity contribution in [1.29, 1.82) is 0 Å². The van der Waals surface area contributed by atoms with Crippen molar-refractivity contribution in [1.82, 2.24) is 14.7 Å². The quantitative estimate of drug-likeness (QED) is 0.576. The number of amides is 1. The summed E-state index contributed by atoms with van der Waals surface area (Å²) < 4.78 is 32.3. The van der Waals surface area contributed by atoms with Gasteiger partial charge in [0.2, 0.25) is 0 Å². The summed E-state index contributed by atoms with van der Waals surface area (Å²) in [6.07, 6.45) is -2.61. The minimum atomic E-state index is -2.61. The van der Waals surface area contributed by atoms with E-state index in [4.69, 9.17) is 16.3 Å². The van der Waals surface area contributed by atoms with E-state index >= 15 is 0 Å². The number of carbonyl (C=O) groups is 1. The molecular formula is C18H18ClF2N3O2S. The van der Waals surface area contributed by atoms with Crippen LogP contribution in [0.1, 0.15) is 15.4 Å². The highest BCUT2D eigenvalue weighted by Gasteiger charge is 2.24. The van der Waals surface area contributed by atoms with E-state index in [1.165, 1.54) is 18.4 Å². The fourth-order valence-electron chi connectivity index (χ4n) is 2.74. The van der Waals surface area contributed by atoms with E-state index in [1.807, 2.05) is 25.1 Å². The lowest BCUT2D eigenvalue weighted by Crippen LogP contribution is -2.37. The average Bonchev–Trinajstić information content (AvgIpc) is 3.19. The van der Waals surface area contributed by atoms with Gasteiger partial charge in [-0.05, 0) is 25.1 Å². The molecule has 0 aliphatic heterocycles. The third kappa shape index (κ3) is 4.12. The van der Waals surface area contributed by atoms with E-state index in [2.05, 4.69) is 5.10 Å². The van der Waals surface area contributed by atoms with E-state index < -0.39 is 18.9 Å². The number of fused-ring (bicyclic) bond motifs is 1. The van der Waals surface area contributed by atoms with E-state index in [0.717, 1.165) is 20.8 Å². The third-order valence-electron chi connectivity index (χ3n) is 4.05. The molecule has 2 heterocycles. The first-order valence-electron chi connectivity index (χ1n) is 8.22. The van der Waals surface area contributed by atoms with Gasteiger partial charge in [0.25, 0.3) is 12.3 Å². The Morgan fingerprint density at radius 1 is 1.41 bits per heavy atom. The van der Waals surface area contributed by atoms with Gasteiger partial charge in [-0.15, -0.1) is 11.3 Å². The number of para-hydroxylation sites is 1. The van der Waals surface area contributed by atoms with Crippen LogP contribution in [0.15, 0.2) is 30.3 Å². The fraction of sp³-hybridized carbons (Fsp3) is 0.333. The minimum Gasteiger partial charge on any atom is -0.383 e. The average molecular weight is 414 g/mol. The Kier molecular flexibility index (Phi) is 6.08. The summed E-state index contributed by atoms with van der Waals surface area (Å²) in [5.74, 6) is -0.446. The van der Waals surface area contributed by atoms with Gasteiger partial charge in [-0.1, -0.05) is 23.7 Å². The molecule has 1 aromatic carbocycles. The second-order valence-electron chi connectivity index (χ2n) is 5.91. The number of alkyl halides is 2. The number of aryl methyl sites for hydroxylation is 1. The van der Waals surface area contributed by atoms with E-state index in [1.54, 1.807) is 16.8 Å². The summed E-state index contributed by atoms with van der Waals surface area (Å²) in [6, 6.07) is 8.95. The molecule has 0 atom stereocenters. The van der Waals surface area contributed by atoms with E-state index in [0.29, 0.717) is 15.6 Å². The molecule has 0 N–H and O–H groups in total. The van der Waals surface area contributed by atoms with E-state index in [9.17, 15) is 13.6 Å². The molecule has 144 valence electrons. The van der Waals surface area contributed by atoms with Crippen LogP contribution < -0.4 is 0 Å². The van der Waals surface area contributed by atoms with Crippen molar-refractivity contribution in [2.75, 3.05) is 26.8 Å². The molecule has 0 saturated carbocycles. The lowest BCUT2D eigenvalue weighted by molar-refractivity contribution is 0.0482. The van der Waals surface area contributed by atoms with Gasteiger partial charge >= 0.3 is 0 Å². The molecule has 0 spiro atoms. The maximum atomic E-state index is 12.9. The number of hydrogen-bond donors (Lipinski definition) is 0. The van der Waals surface area contributed by atoms with Crippen LogP contribution in [0.4, 0.5) is 8.78 Å². The summed E-state index contributed by atoms with van der Waals surface area (Å²) in [5, 5.41) is 5.83. The number of nitrogens with zero attached hydrogens (tertiary/aromatic N) is 3. The summed E-state index contributed by atoms with van der Waals surface area (Å²) in [6.45, 7) is 1.49. The highest BCUT2D eigenvalue weighted by molar-refractivity contribution is 7.20. The van der Waals surface area contributed by atoms with E-state index in [-0.39, 0.29) is 13.2 Å². The standard InChI is InChI=1S/C18H18ClF2N3O2S/c1-11-12-9-15(17(25)23(7-8-26-2)10-16(20)21)27-18(12)24(22-11)14-6-4-3-5-13(14)19/h3-6,9,16H,7-8,10H2,1-2H3. The Balaban J connectivity index is 2.00. The molecule has 3 aromatic rings. The first-order chi connectivity index (χ1) is 12.9. The zero-order valence-corrected chi connectivity index (χ0v) is 16.4. The van der Waals surface area contributed by atoms with Crippen LogP contribution in [0, 0.1) is 6.92 Å². The van der Waals surface area contributed by atoms with Crippen LogP contribution in [0.5, 0.6) is 0 Å². The molecule has 0 fully saturated rings. The Morgan fingerprint density at radius 3 is 2.81 bits per heavy atom. The summed E-state index contributed by atoms with van der Waals surface area (Å²) >= 11 is 7.48. The number of aromatic nitrogens is 2. The van der Waals surface area contributed by atoms with Crippen molar-refractivity contribution in [3.8, 4) is 5.69 Å². The van der Waals surface area contributed by atoms with Gasteiger partial charge in [-0.25, -0.2) is 13.5 Å². The fourth-order valence-corrected chi connectivity index (χ4v) is 4.10. The number of ether oxygens (including phenoxy) is 1. The number of carbonyl (C=O) groups excluding carboxylic acids is 1. The Morgan fingerprint density at radius 2 is 2.15 bits per heavy atom. The van der Waals surface area contributed by atoms with Crippen LogP contribution in [-0.4, -0.2) is 53.8 Å². The first-order valence-corrected chi connectivity index (χ1v) is 9.42. The van der Waals surface area contributed by atoms with Gasteiger partial charge in [-0.2, -0.15) is 5.10 Å². The summed E-state index contributed by atoms with van der Waals surface area (Å²) in [7, 11) is 1.46. The molecule has 0 unspecified atom stereocenters. The molecule has 0 radical (unpaired) electrons. The maximum Gasteiger partial charge on any atom is 0.264 e. The van der Waals surface area contributed by atoms with Gasteiger partial charge in [0.05, 0.1) is 34.4 Å². The van der Waals surface area contributed by atoms with Crippen molar-refractivity contribution >= 4 is 39.1 Å². The topological polar surface area (TPSA) is 47.4 Å². The number of methoxy groups -OCH3 is 1. The normalized spacial score (nSPS) is 11.5. The second-order valence-corrected chi connectivity index (χ2v) is 7.35. The zero-order valence-electron chi connectivity index (χ0n) is 14.8. The van der Waals surface area contributed by atoms with Crippen molar-refractivity contribution in [3.63, 3.8) is 0 Å². The van der Waals surface area contributed by atoms with Crippen molar-refractivity contribution in [2.24, 2.45) is 0 Å². The highest BCUT2D eigenvalue weighted by Crippen LogP contribution is 2.33. The molecule has 3 rings (SSSR count). The molecule has 0 aliphatic rings. The SMILES string of the molecule is COCCN(CC(F)F)C(=O)c1cc2c(C)nn(-c3ccccc3Cl)c2s1. The largest absolute Gasteiger partial charge is 0.383 e. The zero-order chi connectivity index (χ0) is 19.6. The van der Waals surface area contributed by atoms with Crippen molar-refractivity contribution < 1.29 is 18.3 Å². The monoisotopic (exact) mass is 413 g/mol. The predicted octanol–water partition coefficient (Wildman–Crippen LogP) is 4.40. The minimum absolute atomic E-state index is 0.101. The summed E-state index contributed by atoms with van der Waals surface area (Å²) in [5.41, 5.74) is 1.43. The van der Waals surface area contributed by atoms with Gasteiger partial charge in [0, 0.05) is 19.0 Å². The number of hydrogen-bond acceptors (Lipinski definition) is 4. The molecular weight excluding hydrogens is 396 g/mol. The number of halogens is 3. The number of thiophene rings is 1. The molecule has 27 heavy (non-hydrogen) atoms. The maximum absolute atomic E-state index is 12.9. The van der Waals surface area contributed by atoms with Gasteiger partial charge < -0.3 is 9.64 Å². The Hall–Kier alpha value is -2.03. The van der Waals surface area contributed by atoms with Crippen molar-refractivity contribution in [2.45, 2.75) is 13.3 Å². The lowest BCUT2D eigenvalue weighted by Gasteiger charge is -2.21. The molecule has 0 bridgehead atoms. The Bertz CT molecular complexity index is 957. The predicted molar refractivity (Wildman–Crippen MR) is 102 cm³/mol. The first kappa shape index (κ1) is 19.7. The molecule has 0 aliphatic carbocycles. The number of benzene rings is 1. The van der Waals surface area contributed by atoms with Crippen molar-refractivity contribution in [3.05, 3.63) is 45.9 Å². The molecule has 0 saturated heterocycles. The van der Waals surface area contributed by atoms with Gasteiger partial charge in [0.15, 0.2) is 0 Å².